The summed E-state index contributed by atoms with van der Waals surface area (Å²) in [6.07, 6.45) is 0. The highest BCUT2D eigenvalue weighted by Crippen LogP contribution is 2.40. The third kappa shape index (κ3) is 5.30. The molecule has 0 amide bonds. The monoisotopic (exact) mass is 705 g/mol. The van der Waals surface area contributed by atoms with Gasteiger partial charge in [0.05, 0.1) is 50.8 Å². The van der Waals surface area contributed by atoms with Crippen LogP contribution in [0.25, 0.3) is 88.8 Å². The minimum Gasteiger partial charge on any atom is -0.309 e. The van der Waals surface area contributed by atoms with Gasteiger partial charge in [-0.15, -0.1) is 0 Å². The van der Waals surface area contributed by atoms with Crippen molar-refractivity contribution in [3.63, 3.8) is 0 Å². The van der Waals surface area contributed by atoms with Crippen LogP contribution in [0.5, 0.6) is 0 Å². The van der Waals surface area contributed by atoms with Crippen molar-refractivity contribution in [2.45, 2.75) is 20.8 Å². The highest BCUT2D eigenvalue weighted by molar-refractivity contribution is 6.11. The third-order valence-corrected chi connectivity index (χ3v) is 10.7. The molecule has 4 aromatic heterocycles. The number of benzene rings is 6. The van der Waals surface area contributed by atoms with Crippen LogP contribution >= 0.6 is 0 Å². The van der Waals surface area contributed by atoms with Gasteiger partial charge in [-0.05, 0) is 111 Å². The predicted octanol–water partition coefficient (Wildman–Crippen LogP) is 12.5. The van der Waals surface area contributed by atoms with E-state index in [2.05, 4.69) is 163 Å². The van der Waals surface area contributed by atoms with Gasteiger partial charge in [-0.3, -0.25) is 9.55 Å². The SMILES string of the molecule is Cc1ccc2c(c1)c1cc(C)ccc1n2-c1ccccc1-c1cc(-c2ccccc2-c2cccc(C)n2)cc(-n2c3ccccc3c3cc(C#N)ccc32)n1. The van der Waals surface area contributed by atoms with Gasteiger partial charge in [-0.2, -0.15) is 5.26 Å². The standard InChI is InChI=1S/C50H35N5/c1-31-19-22-47-40(25-31)41-26-32(2)20-23-48(41)54(47)46-18-9-7-15-39(46)44-28-35(36-12-4-5-13-37(36)43-16-10-11-33(3)52-43)29-50(53-44)55-45-17-8-6-14-38(45)42-27-34(30-51)21-24-49(42)55/h4-29H,1-3H3. The van der Waals surface area contributed by atoms with E-state index >= 15 is 0 Å². The predicted molar refractivity (Wildman–Crippen MR) is 226 cm³/mol. The number of aromatic nitrogens is 4. The fourth-order valence-corrected chi connectivity index (χ4v) is 8.26. The van der Waals surface area contributed by atoms with E-state index < -0.39 is 0 Å². The summed E-state index contributed by atoms with van der Waals surface area (Å²) in [5, 5.41) is 14.4. The molecule has 0 N–H and O–H groups in total. The van der Waals surface area contributed by atoms with Crippen LogP contribution in [0.4, 0.5) is 0 Å². The Bertz CT molecular complexity index is 3150. The highest BCUT2D eigenvalue weighted by Gasteiger charge is 2.21. The number of para-hydroxylation sites is 2. The Hall–Kier alpha value is -7.29. The highest BCUT2D eigenvalue weighted by atomic mass is 15.1. The first-order chi connectivity index (χ1) is 26.9. The molecule has 0 saturated heterocycles. The summed E-state index contributed by atoms with van der Waals surface area (Å²) in [6, 6.07) is 57.8. The lowest BCUT2D eigenvalue weighted by Gasteiger charge is -2.17. The molecule has 5 heteroatoms. The van der Waals surface area contributed by atoms with Crippen LogP contribution in [0.15, 0.2) is 158 Å². The number of hydrogen-bond acceptors (Lipinski definition) is 3. The smallest absolute Gasteiger partial charge is 0.138 e. The number of nitrogens with zero attached hydrogens (tertiary/aromatic N) is 5. The number of nitriles is 1. The zero-order chi connectivity index (χ0) is 37.2. The Morgan fingerprint density at radius 2 is 1.07 bits per heavy atom. The summed E-state index contributed by atoms with van der Waals surface area (Å²) < 4.78 is 4.63. The minimum atomic E-state index is 0.628. The molecule has 5 nitrogen and oxygen atoms in total. The molecule has 0 aliphatic heterocycles. The van der Waals surface area contributed by atoms with E-state index in [0.717, 1.165) is 83.7 Å². The molecule has 6 aromatic carbocycles. The molecule has 0 aliphatic carbocycles. The molecule has 0 aliphatic rings. The quantitative estimate of drug-likeness (QED) is 0.179. The maximum Gasteiger partial charge on any atom is 0.138 e. The van der Waals surface area contributed by atoms with Crippen molar-refractivity contribution >= 4 is 43.6 Å². The molecule has 10 aromatic rings. The first-order valence-electron chi connectivity index (χ1n) is 18.6. The number of aryl methyl sites for hydroxylation is 3. The normalized spacial score (nSPS) is 11.5. The van der Waals surface area contributed by atoms with E-state index in [0.29, 0.717) is 5.56 Å². The summed E-state index contributed by atoms with van der Waals surface area (Å²) in [5.74, 6) is 0.790. The van der Waals surface area contributed by atoms with Crippen molar-refractivity contribution in [2.75, 3.05) is 0 Å². The summed E-state index contributed by atoms with van der Waals surface area (Å²) in [7, 11) is 0. The van der Waals surface area contributed by atoms with Crippen molar-refractivity contribution < 1.29 is 0 Å². The summed E-state index contributed by atoms with van der Waals surface area (Å²) >= 11 is 0. The largest absolute Gasteiger partial charge is 0.309 e. The van der Waals surface area contributed by atoms with Crippen LogP contribution in [-0.2, 0) is 0 Å². The molecule has 0 bridgehead atoms. The van der Waals surface area contributed by atoms with E-state index in [1.165, 1.54) is 21.9 Å². The lowest BCUT2D eigenvalue weighted by molar-refractivity contribution is 1.08. The van der Waals surface area contributed by atoms with Gasteiger partial charge in [-0.25, -0.2) is 4.98 Å². The molecule has 4 heterocycles. The summed E-state index contributed by atoms with van der Waals surface area (Å²) in [6.45, 7) is 6.34. The average molecular weight is 706 g/mol. The average Bonchev–Trinajstić information content (AvgIpc) is 3.72. The first-order valence-corrected chi connectivity index (χ1v) is 18.6. The van der Waals surface area contributed by atoms with E-state index in [1.54, 1.807) is 0 Å². The van der Waals surface area contributed by atoms with Crippen LogP contribution in [0.2, 0.25) is 0 Å². The lowest BCUT2D eigenvalue weighted by atomic mass is 9.96. The molecular formula is C50H35N5. The number of hydrogen-bond donors (Lipinski definition) is 0. The number of pyridine rings is 2. The topological polar surface area (TPSA) is 59.4 Å². The Balaban J connectivity index is 1.30. The summed E-state index contributed by atoms with van der Waals surface area (Å²) in [5.41, 5.74) is 15.4. The van der Waals surface area contributed by atoms with Gasteiger partial charge in [0.2, 0.25) is 0 Å². The lowest BCUT2D eigenvalue weighted by Crippen LogP contribution is -2.03. The van der Waals surface area contributed by atoms with Crippen LogP contribution < -0.4 is 0 Å². The molecule has 55 heavy (non-hydrogen) atoms. The van der Waals surface area contributed by atoms with Gasteiger partial charge in [-0.1, -0.05) is 90.0 Å². The fraction of sp³-hybridized carbons (Fsp3) is 0.0600. The summed E-state index contributed by atoms with van der Waals surface area (Å²) in [4.78, 5) is 10.5. The second kappa shape index (κ2) is 12.7. The minimum absolute atomic E-state index is 0.628. The van der Waals surface area contributed by atoms with Gasteiger partial charge in [0.25, 0.3) is 0 Å². The number of fused-ring (bicyclic) bond motifs is 6. The molecule has 0 atom stereocenters. The molecule has 0 unspecified atom stereocenters. The van der Waals surface area contributed by atoms with E-state index in [1.807, 2.05) is 31.2 Å². The molecule has 0 saturated carbocycles. The first kappa shape index (κ1) is 32.4. The van der Waals surface area contributed by atoms with Crippen molar-refractivity contribution in [3.05, 3.63) is 180 Å². The van der Waals surface area contributed by atoms with Crippen molar-refractivity contribution in [1.29, 1.82) is 5.26 Å². The van der Waals surface area contributed by atoms with Crippen molar-refractivity contribution in [3.8, 4) is 51.2 Å². The van der Waals surface area contributed by atoms with Crippen LogP contribution in [0.1, 0.15) is 22.4 Å². The maximum atomic E-state index is 9.84. The molecular weight excluding hydrogens is 671 g/mol. The second-order valence-corrected chi connectivity index (χ2v) is 14.4. The van der Waals surface area contributed by atoms with Gasteiger partial charge in [0.15, 0.2) is 0 Å². The zero-order valence-corrected chi connectivity index (χ0v) is 30.7. The molecule has 0 radical (unpaired) electrons. The maximum absolute atomic E-state index is 9.84. The second-order valence-electron chi connectivity index (χ2n) is 14.4. The Morgan fingerprint density at radius 1 is 0.455 bits per heavy atom. The Morgan fingerprint density at radius 3 is 1.82 bits per heavy atom. The van der Waals surface area contributed by atoms with Gasteiger partial charge >= 0.3 is 0 Å². The van der Waals surface area contributed by atoms with Gasteiger partial charge in [0.1, 0.15) is 5.82 Å². The third-order valence-electron chi connectivity index (χ3n) is 10.7. The van der Waals surface area contributed by atoms with Gasteiger partial charge < -0.3 is 4.57 Å². The molecule has 0 fully saturated rings. The van der Waals surface area contributed by atoms with E-state index in [9.17, 15) is 5.26 Å². The fourth-order valence-electron chi connectivity index (χ4n) is 8.26. The van der Waals surface area contributed by atoms with Gasteiger partial charge in [0, 0.05) is 38.4 Å². The van der Waals surface area contributed by atoms with Crippen LogP contribution in [-0.4, -0.2) is 19.1 Å². The van der Waals surface area contributed by atoms with Crippen molar-refractivity contribution in [2.24, 2.45) is 0 Å². The Kier molecular flexibility index (Phi) is 7.47. The number of rotatable bonds is 5. The Labute approximate surface area is 319 Å². The van der Waals surface area contributed by atoms with Crippen molar-refractivity contribution in [1.82, 2.24) is 19.1 Å². The van der Waals surface area contributed by atoms with Crippen LogP contribution in [0.3, 0.4) is 0 Å². The van der Waals surface area contributed by atoms with E-state index in [-0.39, 0.29) is 0 Å². The molecule has 0 spiro atoms. The van der Waals surface area contributed by atoms with E-state index in [4.69, 9.17) is 9.97 Å². The van der Waals surface area contributed by atoms with Crippen LogP contribution in [0, 0.1) is 32.1 Å². The zero-order valence-electron chi connectivity index (χ0n) is 30.7. The molecule has 260 valence electrons. The molecule has 10 rings (SSSR count).